The first kappa shape index (κ1) is 14.7. The van der Waals surface area contributed by atoms with E-state index in [9.17, 15) is 18.5 Å². The molecule has 1 fully saturated rings. The van der Waals surface area contributed by atoms with Crippen LogP contribution in [0.2, 0.25) is 0 Å². The number of ether oxygens (including phenoxy) is 1. The second-order valence-corrected chi connectivity index (χ2v) is 6.38. The number of nitrogen functional groups attached to an aromatic ring is 1. The summed E-state index contributed by atoms with van der Waals surface area (Å²) in [6, 6.07) is 3.19. The number of nitrogens with two attached hydrogens (primary N) is 1. The third-order valence-electron chi connectivity index (χ3n) is 3.07. The number of hydrogen-bond donors (Lipinski definition) is 1. The molecule has 1 saturated heterocycles. The fourth-order valence-corrected chi connectivity index (χ4v) is 3.83. The molecule has 0 radical (unpaired) electrons. The molecule has 110 valence electrons. The van der Waals surface area contributed by atoms with Crippen molar-refractivity contribution in [2.24, 2.45) is 0 Å². The van der Waals surface area contributed by atoms with Gasteiger partial charge in [0.15, 0.2) is 4.90 Å². The Hall–Kier alpha value is -1.71. The molecule has 2 rings (SSSR count). The van der Waals surface area contributed by atoms with Crippen LogP contribution in [0.25, 0.3) is 0 Å². The van der Waals surface area contributed by atoms with Crippen molar-refractivity contribution in [3.8, 4) is 0 Å². The van der Waals surface area contributed by atoms with E-state index in [1.807, 2.05) is 0 Å². The lowest BCUT2D eigenvalue weighted by molar-refractivity contribution is -0.387. The zero-order valence-corrected chi connectivity index (χ0v) is 11.7. The van der Waals surface area contributed by atoms with E-state index in [0.29, 0.717) is 0 Å². The molecular weight excluding hydrogens is 286 g/mol. The summed E-state index contributed by atoms with van der Waals surface area (Å²) in [4.78, 5) is 9.94. The summed E-state index contributed by atoms with van der Waals surface area (Å²) in [6.07, 6.45) is 0. The Morgan fingerprint density at radius 1 is 1.50 bits per heavy atom. The molecule has 0 aromatic heterocycles. The highest BCUT2D eigenvalue weighted by molar-refractivity contribution is 7.89. The van der Waals surface area contributed by atoms with Crippen LogP contribution >= 0.6 is 0 Å². The molecule has 9 heteroatoms. The summed E-state index contributed by atoms with van der Waals surface area (Å²) in [5.74, 6) is 0. The predicted molar refractivity (Wildman–Crippen MR) is 71.7 cm³/mol. The summed E-state index contributed by atoms with van der Waals surface area (Å²) in [6.45, 7) is 2.40. The van der Waals surface area contributed by atoms with Gasteiger partial charge in [-0.1, -0.05) is 0 Å². The van der Waals surface area contributed by atoms with Crippen molar-refractivity contribution in [3.05, 3.63) is 28.3 Å². The van der Waals surface area contributed by atoms with Crippen molar-refractivity contribution in [3.63, 3.8) is 0 Å². The largest absolute Gasteiger partial charge is 0.399 e. The van der Waals surface area contributed by atoms with Gasteiger partial charge in [0.05, 0.1) is 18.1 Å². The Morgan fingerprint density at radius 2 is 2.20 bits per heavy atom. The Labute approximate surface area is 116 Å². The number of hydrogen-bond acceptors (Lipinski definition) is 6. The van der Waals surface area contributed by atoms with Gasteiger partial charge in [-0.2, -0.15) is 4.31 Å². The molecule has 1 aliphatic heterocycles. The Morgan fingerprint density at radius 3 is 2.80 bits per heavy atom. The molecule has 1 aliphatic rings. The maximum atomic E-state index is 12.6. The predicted octanol–water partition coefficient (Wildman–Crippen LogP) is 0.586. The molecule has 2 N–H and O–H groups in total. The van der Waals surface area contributed by atoms with Crippen LogP contribution in [-0.2, 0) is 14.8 Å². The van der Waals surface area contributed by atoms with Crippen molar-refractivity contribution in [1.29, 1.82) is 0 Å². The first-order chi connectivity index (χ1) is 9.34. The van der Waals surface area contributed by atoms with Crippen molar-refractivity contribution >= 4 is 21.4 Å². The van der Waals surface area contributed by atoms with Gasteiger partial charge in [0.2, 0.25) is 10.0 Å². The van der Waals surface area contributed by atoms with E-state index in [-0.39, 0.29) is 36.4 Å². The number of morpholine rings is 1. The molecule has 0 amide bonds. The van der Waals surface area contributed by atoms with Crippen molar-refractivity contribution in [1.82, 2.24) is 4.31 Å². The number of rotatable bonds is 3. The lowest BCUT2D eigenvalue weighted by Gasteiger charge is -2.32. The molecule has 20 heavy (non-hydrogen) atoms. The second-order valence-electron chi connectivity index (χ2n) is 4.52. The first-order valence-corrected chi connectivity index (χ1v) is 7.41. The minimum Gasteiger partial charge on any atom is -0.399 e. The summed E-state index contributed by atoms with van der Waals surface area (Å²) in [7, 11) is -3.95. The highest BCUT2D eigenvalue weighted by atomic mass is 32.2. The standard InChI is InChI=1S/C11H15N3O5S/c1-8-7-19-5-4-13(8)20(17,18)11-3-2-9(12)6-10(11)14(15)16/h2-3,6,8H,4-5,7,12H2,1H3. The van der Waals surface area contributed by atoms with Crippen LogP contribution in [0, 0.1) is 10.1 Å². The van der Waals surface area contributed by atoms with Crippen LogP contribution in [0.15, 0.2) is 23.1 Å². The molecule has 1 atom stereocenters. The smallest absolute Gasteiger partial charge is 0.291 e. The third kappa shape index (κ3) is 2.60. The lowest BCUT2D eigenvalue weighted by atomic mass is 10.3. The highest BCUT2D eigenvalue weighted by Gasteiger charge is 2.36. The van der Waals surface area contributed by atoms with Crippen molar-refractivity contribution in [2.75, 3.05) is 25.5 Å². The van der Waals surface area contributed by atoms with Crippen LogP contribution in [0.1, 0.15) is 6.92 Å². The van der Waals surface area contributed by atoms with Gasteiger partial charge in [-0.25, -0.2) is 8.42 Å². The molecule has 0 saturated carbocycles. The quantitative estimate of drug-likeness (QED) is 0.496. The number of nitro groups is 1. The molecular formula is C11H15N3O5S. The summed E-state index contributed by atoms with van der Waals surface area (Å²) in [5, 5.41) is 11.0. The van der Waals surface area contributed by atoms with Gasteiger partial charge in [0.25, 0.3) is 5.69 Å². The number of nitro benzene ring substituents is 1. The van der Waals surface area contributed by atoms with Gasteiger partial charge in [0, 0.05) is 24.3 Å². The Kier molecular flexibility index (Phi) is 3.93. The summed E-state index contributed by atoms with van der Waals surface area (Å²) >= 11 is 0. The fraction of sp³-hybridized carbons (Fsp3) is 0.455. The third-order valence-corrected chi connectivity index (χ3v) is 5.13. The molecule has 0 aliphatic carbocycles. The molecule has 1 unspecified atom stereocenters. The van der Waals surface area contributed by atoms with Crippen LogP contribution in [0.5, 0.6) is 0 Å². The monoisotopic (exact) mass is 301 g/mol. The molecule has 0 spiro atoms. The zero-order chi connectivity index (χ0) is 14.9. The van der Waals surface area contributed by atoms with Gasteiger partial charge in [-0.15, -0.1) is 0 Å². The minimum absolute atomic E-state index is 0.144. The molecule has 1 heterocycles. The molecule has 8 nitrogen and oxygen atoms in total. The molecule has 0 bridgehead atoms. The van der Waals surface area contributed by atoms with E-state index in [2.05, 4.69) is 0 Å². The molecule has 1 aromatic rings. The van der Waals surface area contributed by atoms with Gasteiger partial charge < -0.3 is 10.5 Å². The maximum absolute atomic E-state index is 12.6. The highest BCUT2D eigenvalue weighted by Crippen LogP contribution is 2.30. The number of anilines is 1. The van der Waals surface area contributed by atoms with Gasteiger partial charge in [-0.05, 0) is 19.1 Å². The topological polar surface area (TPSA) is 116 Å². The molecule has 1 aromatic carbocycles. The van der Waals surface area contributed by atoms with Crippen LogP contribution in [0.3, 0.4) is 0 Å². The zero-order valence-electron chi connectivity index (χ0n) is 10.9. The summed E-state index contributed by atoms with van der Waals surface area (Å²) < 4.78 is 31.5. The lowest BCUT2D eigenvalue weighted by Crippen LogP contribution is -2.47. The first-order valence-electron chi connectivity index (χ1n) is 5.97. The van der Waals surface area contributed by atoms with E-state index in [0.717, 1.165) is 6.07 Å². The van der Waals surface area contributed by atoms with Gasteiger partial charge in [-0.3, -0.25) is 10.1 Å². The number of benzene rings is 1. The van der Waals surface area contributed by atoms with E-state index in [1.165, 1.54) is 16.4 Å². The van der Waals surface area contributed by atoms with Crippen LogP contribution in [0.4, 0.5) is 11.4 Å². The van der Waals surface area contributed by atoms with E-state index < -0.39 is 20.6 Å². The van der Waals surface area contributed by atoms with E-state index in [4.69, 9.17) is 10.5 Å². The fourth-order valence-electron chi connectivity index (χ4n) is 2.09. The van der Waals surface area contributed by atoms with Crippen LogP contribution in [-0.4, -0.2) is 43.4 Å². The number of sulfonamides is 1. The summed E-state index contributed by atoms with van der Waals surface area (Å²) in [5.41, 5.74) is 5.12. The van der Waals surface area contributed by atoms with Gasteiger partial charge >= 0.3 is 0 Å². The average molecular weight is 301 g/mol. The van der Waals surface area contributed by atoms with E-state index in [1.54, 1.807) is 6.92 Å². The average Bonchev–Trinajstić information content (AvgIpc) is 2.38. The SMILES string of the molecule is CC1COCCN1S(=O)(=O)c1ccc(N)cc1[N+](=O)[O-]. The Balaban J connectivity index is 2.51. The number of nitrogens with zero attached hydrogens (tertiary/aromatic N) is 2. The van der Waals surface area contributed by atoms with Crippen molar-refractivity contribution < 1.29 is 18.1 Å². The van der Waals surface area contributed by atoms with E-state index >= 15 is 0 Å². The minimum atomic E-state index is -3.95. The normalized spacial score (nSPS) is 20.8. The van der Waals surface area contributed by atoms with Crippen molar-refractivity contribution in [2.45, 2.75) is 17.9 Å². The second kappa shape index (κ2) is 5.35. The maximum Gasteiger partial charge on any atom is 0.291 e. The Bertz CT molecular complexity index is 631. The van der Waals surface area contributed by atoms with Gasteiger partial charge in [0.1, 0.15) is 0 Å². The van der Waals surface area contributed by atoms with Crippen LogP contribution < -0.4 is 5.73 Å².